The highest BCUT2D eigenvalue weighted by Gasteiger charge is 2.26. The zero-order chi connectivity index (χ0) is 20.1. The first-order valence-corrected chi connectivity index (χ1v) is 11.8. The third-order valence-electron chi connectivity index (χ3n) is 6.17. The Morgan fingerprint density at radius 1 is 1.10 bits per heavy atom. The standard InChI is InChI=1S/C23H32N4OS/c1-18-9-12-26(13-10-18)16-21-17-29-23(24-21)25-22(28)20-8-5-11-27(15-20)14-19-6-3-2-4-7-19/h2-4,6-7,17-18,20H,5,8-16H2,1H3,(H,24,25,28). The summed E-state index contributed by atoms with van der Waals surface area (Å²) in [4.78, 5) is 22.4. The van der Waals surface area contributed by atoms with Gasteiger partial charge in [-0.05, 0) is 56.8 Å². The highest BCUT2D eigenvalue weighted by Crippen LogP contribution is 2.24. The Bertz CT molecular complexity index is 785. The monoisotopic (exact) mass is 412 g/mol. The van der Waals surface area contributed by atoms with E-state index in [-0.39, 0.29) is 11.8 Å². The summed E-state index contributed by atoms with van der Waals surface area (Å²) in [5, 5.41) is 5.92. The number of nitrogens with one attached hydrogen (secondary N) is 1. The van der Waals surface area contributed by atoms with E-state index < -0.39 is 0 Å². The number of hydrogen-bond acceptors (Lipinski definition) is 5. The number of hydrogen-bond donors (Lipinski definition) is 1. The molecule has 4 rings (SSSR count). The van der Waals surface area contributed by atoms with Crippen molar-refractivity contribution in [2.45, 2.75) is 45.7 Å². The first kappa shape index (κ1) is 20.5. The highest BCUT2D eigenvalue weighted by molar-refractivity contribution is 7.13. The van der Waals surface area contributed by atoms with Crippen molar-refractivity contribution in [2.24, 2.45) is 11.8 Å². The molecule has 0 bridgehead atoms. The fraction of sp³-hybridized carbons (Fsp3) is 0.565. The van der Waals surface area contributed by atoms with Crippen molar-refractivity contribution >= 4 is 22.4 Å². The Morgan fingerprint density at radius 3 is 2.69 bits per heavy atom. The maximum atomic E-state index is 12.8. The molecule has 6 heteroatoms. The summed E-state index contributed by atoms with van der Waals surface area (Å²) in [6.07, 6.45) is 4.58. The molecular weight excluding hydrogens is 380 g/mol. The number of carbonyl (C=O) groups is 1. The van der Waals surface area contributed by atoms with E-state index >= 15 is 0 Å². The van der Waals surface area contributed by atoms with Gasteiger partial charge in [-0.15, -0.1) is 11.3 Å². The van der Waals surface area contributed by atoms with E-state index in [2.05, 4.69) is 56.7 Å². The fourth-order valence-electron chi connectivity index (χ4n) is 4.35. The average molecular weight is 413 g/mol. The van der Waals surface area contributed by atoms with Crippen LogP contribution in [0.25, 0.3) is 0 Å². The van der Waals surface area contributed by atoms with Crippen molar-refractivity contribution in [3.8, 4) is 0 Å². The van der Waals surface area contributed by atoms with Gasteiger partial charge in [0.15, 0.2) is 5.13 Å². The second-order valence-electron chi connectivity index (χ2n) is 8.65. The van der Waals surface area contributed by atoms with Crippen molar-refractivity contribution < 1.29 is 4.79 Å². The van der Waals surface area contributed by atoms with Gasteiger partial charge in [-0.1, -0.05) is 37.3 Å². The van der Waals surface area contributed by atoms with Gasteiger partial charge in [0, 0.05) is 25.0 Å². The van der Waals surface area contributed by atoms with Crippen LogP contribution in [0.1, 0.15) is 43.9 Å². The largest absolute Gasteiger partial charge is 0.302 e. The number of anilines is 1. The van der Waals surface area contributed by atoms with Gasteiger partial charge in [-0.25, -0.2) is 4.98 Å². The molecule has 0 aliphatic carbocycles. The van der Waals surface area contributed by atoms with E-state index in [1.54, 1.807) is 11.3 Å². The predicted molar refractivity (Wildman–Crippen MR) is 119 cm³/mol. The quantitative estimate of drug-likeness (QED) is 0.772. The van der Waals surface area contributed by atoms with Crippen LogP contribution >= 0.6 is 11.3 Å². The van der Waals surface area contributed by atoms with Crippen LogP contribution < -0.4 is 5.32 Å². The molecule has 1 aromatic heterocycles. The molecular formula is C23H32N4OS. The summed E-state index contributed by atoms with van der Waals surface area (Å²) >= 11 is 1.55. The van der Waals surface area contributed by atoms with Gasteiger partial charge in [0.1, 0.15) is 0 Å². The molecule has 1 amide bonds. The van der Waals surface area contributed by atoms with E-state index in [1.807, 2.05) is 6.07 Å². The van der Waals surface area contributed by atoms with Gasteiger partial charge in [0.05, 0.1) is 11.6 Å². The number of benzene rings is 1. The molecule has 2 aliphatic rings. The lowest BCUT2D eigenvalue weighted by Crippen LogP contribution is -2.40. The lowest BCUT2D eigenvalue weighted by Gasteiger charge is -2.31. The summed E-state index contributed by atoms with van der Waals surface area (Å²) in [7, 11) is 0. The molecule has 0 spiro atoms. The lowest BCUT2D eigenvalue weighted by atomic mass is 9.97. The van der Waals surface area contributed by atoms with E-state index in [1.165, 1.54) is 18.4 Å². The molecule has 0 radical (unpaired) electrons. The minimum atomic E-state index is 0.0448. The third-order valence-corrected chi connectivity index (χ3v) is 6.98. The molecule has 2 aliphatic heterocycles. The topological polar surface area (TPSA) is 48.5 Å². The second-order valence-corrected chi connectivity index (χ2v) is 9.51. The van der Waals surface area contributed by atoms with Crippen molar-refractivity contribution in [2.75, 3.05) is 31.5 Å². The van der Waals surface area contributed by atoms with Crippen LogP contribution in [0, 0.1) is 11.8 Å². The number of nitrogens with zero attached hydrogens (tertiary/aromatic N) is 3. The number of thiazole rings is 1. The first-order valence-electron chi connectivity index (χ1n) is 10.9. The molecule has 1 unspecified atom stereocenters. The second kappa shape index (κ2) is 9.83. The van der Waals surface area contributed by atoms with E-state index in [4.69, 9.17) is 0 Å². The maximum Gasteiger partial charge on any atom is 0.230 e. The number of aromatic nitrogens is 1. The van der Waals surface area contributed by atoms with E-state index in [0.717, 1.165) is 68.9 Å². The van der Waals surface area contributed by atoms with Crippen LogP contribution in [0.4, 0.5) is 5.13 Å². The number of likely N-dealkylation sites (tertiary alicyclic amines) is 2. The molecule has 2 fully saturated rings. The maximum absolute atomic E-state index is 12.8. The Morgan fingerprint density at radius 2 is 1.90 bits per heavy atom. The zero-order valence-corrected chi connectivity index (χ0v) is 18.2. The van der Waals surface area contributed by atoms with Gasteiger partial charge < -0.3 is 5.32 Å². The van der Waals surface area contributed by atoms with Crippen LogP contribution in [-0.4, -0.2) is 46.9 Å². The summed E-state index contributed by atoms with van der Waals surface area (Å²) in [5.74, 6) is 1.01. The van der Waals surface area contributed by atoms with Gasteiger partial charge in [-0.2, -0.15) is 0 Å². The van der Waals surface area contributed by atoms with Crippen molar-refractivity contribution in [1.82, 2.24) is 14.8 Å². The molecule has 156 valence electrons. The van der Waals surface area contributed by atoms with E-state index in [9.17, 15) is 4.79 Å². The smallest absolute Gasteiger partial charge is 0.230 e. The molecule has 1 atom stereocenters. The molecule has 3 heterocycles. The molecule has 5 nitrogen and oxygen atoms in total. The van der Waals surface area contributed by atoms with Crippen LogP contribution in [0.3, 0.4) is 0 Å². The fourth-order valence-corrected chi connectivity index (χ4v) is 5.05. The van der Waals surface area contributed by atoms with Gasteiger partial charge in [0.25, 0.3) is 0 Å². The number of rotatable bonds is 6. The van der Waals surface area contributed by atoms with Crippen molar-refractivity contribution in [1.29, 1.82) is 0 Å². The molecule has 29 heavy (non-hydrogen) atoms. The zero-order valence-electron chi connectivity index (χ0n) is 17.3. The van der Waals surface area contributed by atoms with Crippen molar-refractivity contribution in [3.63, 3.8) is 0 Å². The normalized spacial score (nSPS) is 21.9. The summed E-state index contributed by atoms with van der Waals surface area (Å²) < 4.78 is 0. The first-order chi connectivity index (χ1) is 14.2. The minimum Gasteiger partial charge on any atom is -0.302 e. The molecule has 1 N–H and O–H groups in total. The Hall–Kier alpha value is -1.76. The number of piperidine rings is 2. The lowest BCUT2D eigenvalue weighted by molar-refractivity contribution is -0.121. The Labute approximate surface area is 178 Å². The third kappa shape index (κ3) is 5.87. The number of amides is 1. The molecule has 2 aromatic rings. The average Bonchev–Trinajstić information content (AvgIpc) is 3.17. The van der Waals surface area contributed by atoms with Crippen LogP contribution in [0.5, 0.6) is 0 Å². The summed E-state index contributed by atoms with van der Waals surface area (Å²) in [5.41, 5.74) is 2.39. The Balaban J connectivity index is 1.27. The number of carbonyl (C=O) groups excluding carboxylic acids is 1. The highest BCUT2D eigenvalue weighted by atomic mass is 32.1. The molecule has 1 aromatic carbocycles. The van der Waals surface area contributed by atoms with Crippen LogP contribution in [-0.2, 0) is 17.9 Å². The molecule has 0 saturated carbocycles. The summed E-state index contributed by atoms with van der Waals surface area (Å²) in [6.45, 7) is 8.34. The van der Waals surface area contributed by atoms with Gasteiger partial charge >= 0.3 is 0 Å². The van der Waals surface area contributed by atoms with Crippen LogP contribution in [0.2, 0.25) is 0 Å². The molecule has 2 saturated heterocycles. The minimum absolute atomic E-state index is 0.0448. The van der Waals surface area contributed by atoms with E-state index in [0.29, 0.717) is 0 Å². The van der Waals surface area contributed by atoms with Crippen molar-refractivity contribution in [3.05, 3.63) is 47.0 Å². The van der Waals surface area contributed by atoms with Gasteiger partial charge in [0.2, 0.25) is 5.91 Å². The SMILES string of the molecule is CC1CCN(Cc2csc(NC(=O)C3CCCN(Cc4ccccc4)C3)n2)CC1. The summed E-state index contributed by atoms with van der Waals surface area (Å²) in [6, 6.07) is 10.5. The predicted octanol–water partition coefficient (Wildman–Crippen LogP) is 4.23. The van der Waals surface area contributed by atoms with Gasteiger partial charge in [-0.3, -0.25) is 14.6 Å². The van der Waals surface area contributed by atoms with Crippen LogP contribution in [0.15, 0.2) is 35.7 Å². The Kier molecular flexibility index (Phi) is 6.95.